The summed E-state index contributed by atoms with van der Waals surface area (Å²) in [6.45, 7) is 5.71. The highest BCUT2D eigenvalue weighted by Gasteiger charge is 2.26. The van der Waals surface area contributed by atoms with Gasteiger partial charge in [-0.15, -0.1) is 0 Å². The monoisotopic (exact) mass is 325 g/mol. The number of carbonyl (C=O) groups excluding carboxylic acids is 1. The molecule has 0 aliphatic carbocycles. The number of hydrogen-bond donors (Lipinski definition) is 0. The molecular weight excluding hydrogens is 302 g/mol. The van der Waals surface area contributed by atoms with Crippen LogP contribution in [-0.2, 0) is 9.53 Å². The molecule has 0 spiro atoms. The summed E-state index contributed by atoms with van der Waals surface area (Å²) in [4.78, 5) is 14.1. The molecule has 0 unspecified atom stereocenters. The smallest absolute Gasteiger partial charge is 0.310 e. The Hall–Kier alpha value is -1.26. The second kappa shape index (κ2) is 9.01. The highest BCUT2D eigenvalue weighted by atomic mass is 35.5. The lowest BCUT2D eigenvalue weighted by atomic mass is 9.98. The van der Waals surface area contributed by atoms with Gasteiger partial charge < -0.3 is 14.4 Å². The van der Waals surface area contributed by atoms with Crippen LogP contribution in [0.1, 0.15) is 26.2 Å². The van der Waals surface area contributed by atoms with Gasteiger partial charge in [0.2, 0.25) is 0 Å². The number of hydrogen-bond acceptors (Lipinski definition) is 4. The molecule has 122 valence electrons. The number of nitrogens with zero attached hydrogens (tertiary/aromatic N) is 1. The molecule has 5 heteroatoms. The van der Waals surface area contributed by atoms with Crippen LogP contribution < -0.4 is 4.74 Å². The summed E-state index contributed by atoms with van der Waals surface area (Å²) in [6, 6.07) is 7.50. The molecule has 1 aromatic carbocycles. The van der Waals surface area contributed by atoms with Crippen molar-refractivity contribution in [1.29, 1.82) is 0 Å². The number of piperidine rings is 1. The van der Waals surface area contributed by atoms with Gasteiger partial charge in [-0.05, 0) is 44.9 Å². The van der Waals surface area contributed by atoms with Crippen molar-refractivity contribution in [2.24, 2.45) is 5.92 Å². The molecular formula is C17H24ClNO3. The molecule has 1 atom stereocenters. The quantitative estimate of drug-likeness (QED) is 0.569. The van der Waals surface area contributed by atoms with E-state index in [4.69, 9.17) is 21.1 Å². The van der Waals surface area contributed by atoms with E-state index in [2.05, 4.69) is 4.90 Å². The Morgan fingerprint density at radius 3 is 3.00 bits per heavy atom. The number of halogens is 1. The van der Waals surface area contributed by atoms with Crippen LogP contribution >= 0.6 is 11.6 Å². The minimum atomic E-state index is -0.0560. The summed E-state index contributed by atoms with van der Waals surface area (Å²) in [7, 11) is 0. The van der Waals surface area contributed by atoms with Gasteiger partial charge >= 0.3 is 5.97 Å². The second-order valence-corrected chi connectivity index (χ2v) is 5.93. The first-order valence-electron chi connectivity index (χ1n) is 7.97. The maximum atomic E-state index is 11.8. The fraction of sp³-hybridized carbons (Fsp3) is 0.588. The van der Waals surface area contributed by atoms with Crippen molar-refractivity contribution in [2.45, 2.75) is 26.2 Å². The minimum Gasteiger partial charge on any atom is -0.492 e. The Bertz CT molecular complexity index is 481. The first-order valence-corrected chi connectivity index (χ1v) is 8.34. The Labute approximate surface area is 137 Å². The topological polar surface area (TPSA) is 38.8 Å². The van der Waals surface area contributed by atoms with E-state index in [1.54, 1.807) is 0 Å². The standard InChI is InChI=1S/C17H24ClNO3/c1-2-21-17(20)14-7-5-10-19(13-14)11-6-12-22-16-9-4-3-8-15(16)18/h3-4,8-9,14H,2,5-7,10-13H2,1H3/t14-/m0/s1. The van der Waals surface area contributed by atoms with Crippen molar-refractivity contribution in [3.8, 4) is 5.75 Å². The lowest BCUT2D eigenvalue weighted by Crippen LogP contribution is -2.40. The molecule has 0 saturated carbocycles. The van der Waals surface area contributed by atoms with E-state index in [-0.39, 0.29) is 11.9 Å². The van der Waals surface area contributed by atoms with Crippen LogP contribution in [0.2, 0.25) is 5.02 Å². The van der Waals surface area contributed by atoms with Crippen molar-refractivity contribution in [3.05, 3.63) is 29.3 Å². The third kappa shape index (κ3) is 5.18. The first-order chi connectivity index (χ1) is 10.7. The number of para-hydroxylation sites is 1. The predicted molar refractivity (Wildman–Crippen MR) is 87.4 cm³/mol. The molecule has 0 radical (unpaired) electrons. The fourth-order valence-electron chi connectivity index (χ4n) is 2.74. The second-order valence-electron chi connectivity index (χ2n) is 5.52. The molecule has 4 nitrogen and oxygen atoms in total. The lowest BCUT2D eigenvalue weighted by molar-refractivity contribution is -0.149. The zero-order valence-electron chi connectivity index (χ0n) is 13.1. The van der Waals surface area contributed by atoms with Gasteiger partial charge in [0.25, 0.3) is 0 Å². The van der Waals surface area contributed by atoms with Crippen molar-refractivity contribution in [1.82, 2.24) is 4.90 Å². The average Bonchev–Trinajstić information content (AvgIpc) is 2.54. The fourth-order valence-corrected chi connectivity index (χ4v) is 2.93. The van der Waals surface area contributed by atoms with Gasteiger partial charge in [-0.2, -0.15) is 0 Å². The van der Waals surface area contributed by atoms with Gasteiger partial charge in [0.15, 0.2) is 0 Å². The number of carbonyl (C=O) groups is 1. The summed E-state index contributed by atoms with van der Waals surface area (Å²) in [5, 5.41) is 0.642. The van der Waals surface area contributed by atoms with E-state index < -0.39 is 0 Å². The molecule has 1 aromatic rings. The number of esters is 1. The molecule has 1 aliphatic heterocycles. The third-order valence-electron chi connectivity index (χ3n) is 3.84. The van der Waals surface area contributed by atoms with E-state index in [0.717, 1.165) is 44.6 Å². The molecule has 1 fully saturated rings. The van der Waals surface area contributed by atoms with Crippen molar-refractivity contribution in [3.63, 3.8) is 0 Å². The summed E-state index contributed by atoms with van der Waals surface area (Å²) in [6.07, 6.45) is 2.90. The van der Waals surface area contributed by atoms with Crippen LogP contribution in [0.5, 0.6) is 5.75 Å². The summed E-state index contributed by atoms with van der Waals surface area (Å²) >= 11 is 6.05. The third-order valence-corrected chi connectivity index (χ3v) is 4.15. The van der Waals surface area contributed by atoms with Gasteiger partial charge in [0, 0.05) is 13.1 Å². The van der Waals surface area contributed by atoms with E-state index >= 15 is 0 Å². The van der Waals surface area contributed by atoms with Crippen LogP contribution in [0.4, 0.5) is 0 Å². The highest BCUT2D eigenvalue weighted by Crippen LogP contribution is 2.23. The van der Waals surface area contributed by atoms with Crippen LogP contribution in [0.3, 0.4) is 0 Å². The zero-order valence-corrected chi connectivity index (χ0v) is 13.8. The van der Waals surface area contributed by atoms with Crippen molar-refractivity contribution < 1.29 is 14.3 Å². The predicted octanol–water partition coefficient (Wildman–Crippen LogP) is 3.38. The van der Waals surface area contributed by atoms with Gasteiger partial charge in [-0.3, -0.25) is 4.79 Å². The van der Waals surface area contributed by atoms with Crippen molar-refractivity contribution >= 4 is 17.6 Å². The number of ether oxygens (including phenoxy) is 2. The molecule has 0 aromatic heterocycles. The maximum Gasteiger partial charge on any atom is 0.310 e. The molecule has 2 rings (SSSR count). The summed E-state index contributed by atoms with van der Waals surface area (Å²) in [5.74, 6) is 0.699. The molecule has 0 N–H and O–H groups in total. The van der Waals surface area contributed by atoms with Crippen LogP contribution in [-0.4, -0.2) is 43.7 Å². The zero-order chi connectivity index (χ0) is 15.8. The molecule has 0 bridgehead atoms. The normalized spacial score (nSPS) is 18.9. The van der Waals surface area contributed by atoms with Crippen LogP contribution in [0, 0.1) is 5.92 Å². The minimum absolute atomic E-state index is 0.0261. The van der Waals surface area contributed by atoms with E-state index in [0.29, 0.717) is 18.2 Å². The summed E-state index contributed by atoms with van der Waals surface area (Å²) in [5.41, 5.74) is 0. The van der Waals surface area contributed by atoms with E-state index in [9.17, 15) is 4.79 Å². The molecule has 0 amide bonds. The largest absolute Gasteiger partial charge is 0.492 e. The first kappa shape index (κ1) is 17.1. The number of rotatable bonds is 7. The SMILES string of the molecule is CCOC(=O)[C@H]1CCCN(CCCOc2ccccc2Cl)C1. The number of likely N-dealkylation sites (tertiary alicyclic amines) is 1. The molecule has 1 saturated heterocycles. The Balaban J connectivity index is 1.68. The molecule has 22 heavy (non-hydrogen) atoms. The van der Waals surface area contributed by atoms with E-state index in [1.807, 2.05) is 31.2 Å². The molecule has 1 aliphatic rings. The van der Waals surface area contributed by atoms with Gasteiger partial charge in [0.1, 0.15) is 5.75 Å². The Morgan fingerprint density at radius 2 is 2.23 bits per heavy atom. The van der Waals surface area contributed by atoms with Crippen LogP contribution in [0.15, 0.2) is 24.3 Å². The Morgan fingerprint density at radius 1 is 1.41 bits per heavy atom. The van der Waals surface area contributed by atoms with E-state index in [1.165, 1.54) is 0 Å². The van der Waals surface area contributed by atoms with Gasteiger partial charge in [0.05, 0.1) is 24.2 Å². The van der Waals surface area contributed by atoms with Gasteiger partial charge in [-0.25, -0.2) is 0 Å². The van der Waals surface area contributed by atoms with Crippen molar-refractivity contribution in [2.75, 3.05) is 32.8 Å². The van der Waals surface area contributed by atoms with Gasteiger partial charge in [-0.1, -0.05) is 23.7 Å². The lowest BCUT2D eigenvalue weighted by Gasteiger charge is -2.31. The Kier molecular flexibility index (Phi) is 7.00. The summed E-state index contributed by atoms with van der Waals surface area (Å²) < 4.78 is 10.8. The highest BCUT2D eigenvalue weighted by molar-refractivity contribution is 6.32. The van der Waals surface area contributed by atoms with Crippen LogP contribution in [0.25, 0.3) is 0 Å². The average molecular weight is 326 g/mol. The number of benzene rings is 1. The maximum absolute atomic E-state index is 11.8. The molecule has 1 heterocycles.